The molecule has 2 unspecified atom stereocenters. The number of carbonyl (C=O) groups is 3. The summed E-state index contributed by atoms with van der Waals surface area (Å²) in [7, 11) is 0. The topological polar surface area (TPSA) is 129 Å². The molecule has 43 heavy (non-hydrogen) atoms. The molecule has 0 radical (unpaired) electrons. The number of amides is 3. The van der Waals surface area contributed by atoms with Crippen LogP contribution in [-0.4, -0.2) is 65.4 Å². The number of hydrogen-bond acceptors (Lipinski definition) is 7. The molecule has 1 spiro atoms. The van der Waals surface area contributed by atoms with E-state index < -0.39 is 28.7 Å². The molecule has 4 heterocycles. The first kappa shape index (κ1) is 27.6. The zero-order valence-electron chi connectivity index (χ0n) is 23.4. The van der Waals surface area contributed by atoms with E-state index in [1.807, 2.05) is 84.9 Å². The Labute approximate surface area is 252 Å². The van der Waals surface area contributed by atoms with Gasteiger partial charge in [-0.1, -0.05) is 78.0 Å². The number of fused-ring (bicyclic) bond motifs is 2. The van der Waals surface area contributed by atoms with Crippen molar-refractivity contribution in [2.75, 3.05) is 6.61 Å². The molecule has 11 heteroatoms. The molecule has 3 aromatic carbocycles. The number of aliphatic hydroxyl groups is 1. The molecule has 3 aliphatic rings. The molecule has 3 fully saturated rings. The fourth-order valence-corrected chi connectivity index (χ4v) is 9.45. The third-order valence-electron chi connectivity index (χ3n) is 9.12. The summed E-state index contributed by atoms with van der Waals surface area (Å²) in [5, 5.41) is 25.0. The van der Waals surface area contributed by atoms with Gasteiger partial charge in [-0.15, -0.1) is 16.9 Å². The van der Waals surface area contributed by atoms with Crippen LogP contribution in [0.15, 0.2) is 84.9 Å². The number of rotatable bonds is 9. The molecule has 6 atom stereocenters. The molecule has 1 aromatic heterocycles. The van der Waals surface area contributed by atoms with E-state index in [9.17, 15) is 19.5 Å². The maximum absolute atomic E-state index is 14.5. The van der Waals surface area contributed by atoms with Crippen molar-refractivity contribution in [3.05, 3.63) is 96.1 Å². The van der Waals surface area contributed by atoms with Crippen LogP contribution in [0.4, 0.5) is 0 Å². The Morgan fingerprint density at radius 1 is 0.977 bits per heavy atom. The number of likely N-dealkylation sites (tertiary alicyclic amines) is 1. The minimum atomic E-state index is -0.876. The third-order valence-corrected chi connectivity index (χ3v) is 11.1. The highest BCUT2D eigenvalue weighted by atomic mass is 32.2. The second kappa shape index (κ2) is 11.1. The van der Waals surface area contributed by atoms with Crippen molar-refractivity contribution in [1.29, 1.82) is 0 Å². The first-order valence-corrected chi connectivity index (χ1v) is 15.4. The largest absolute Gasteiger partial charge is 0.394 e. The zero-order chi connectivity index (χ0) is 29.6. The second-order valence-electron chi connectivity index (χ2n) is 11.4. The fraction of sp³-hybridized carbons (Fsp3) is 0.344. The smallest absolute Gasteiger partial charge is 0.245 e. The summed E-state index contributed by atoms with van der Waals surface area (Å²) in [5.41, 5.74) is 3.20. The number of benzene rings is 3. The predicted octanol–water partition coefficient (Wildman–Crippen LogP) is 2.65. The lowest BCUT2D eigenvalue weighted by Gasteiger charge is -2.37. The Bertz CT molecular complexity index is 1670. The van der Waals surface area contributed by atoms with Crippen molar-refractivity contribution in [2.24, 2.45) is 11.8 Å². The highest BCUT2D eigenvalue weighted by Gasteiger charge is 2.74. The second-order valence-corrected chi connectivity index (χ2v) is 13.0. The van der Waals surface area contributed by atoms with Crippen molar-refractivity contribution in [1.82, 2.24) is 30.5 Å². The minimum Gasteiger partial charge on any atom is -0.394 e. The Morgan fingerprint density at radius 2 is 1.70 bits per heavy atom. The van der Waals surface area contributed by atoms with Gasteiger partial charge in [0.05, 0.1) is 34.7 Å². The molecule has 0 aliphatic carbocycles. The summed E-state index contributed by atoms with van der Waals surface area (Å²) in [4.78, 5) is 44.0. The van der Waals surface area contributed by atoms with Gasteiger partial charge in [0, 0.05) is 11.8 Å². The number of nitrogens with zero attached hydrogens (tertiary/aromatic N) is 4. The highest BCUT2D eigenvalue weighted by molar-refractivity contribution is 8.02. The summed E-state index contributed by atoms with van der Waals surface area (Å²) in [5.74, 6) is -2.00. The van der Waals surface area contributed by atoms with E-state index in [0.717, 1.165) is 23.1 Å². The lowest BCUT2D eigenvalue weighted by Crippen LogP contribution is -2.54. The molecule has 7 rings (SSSR count). The van der Waals surface area contributed by atoms with Crippen LogP contribution in [0.1, 0.15) is 30.0 Å². The molecule has 3 aliphatic heterocycles. The number of aromatic nitrogens is 3. The van der Waals surface area contributed by atoms with E-state index in [0.29, 0.717) is 18.5 Å². The molecular formula is C32H32N6O4S. The summed E-state index contributed by atoms with van der Waals surface area (Å²) >= 11 is 1.60. The average molecular weight is 597 g/mol. The maximum atomic E-state index is 14.5. The van der Waals surface area contributed by atoms with Gasteiger partial charge in [-0.25, -0.2) is 4.68 Å². The van der Waals surface area contributed by atoms with Crippen molar-refractivity contribution in [2.45, 2.75) is 48.1 Å². The fourth-order valence-electron chi connectivity index (χ4n) is 7.24. The maximum Gasteiger partial charge on any atom is 0.245 e. The van der Waals surface area contributed by atoms with Gasteiger partial charge in [-0.05, 0) is 36.1 Å². The van der Waals surface area contributed by atoms with Crippen LogP contribution in [0.2, 0.25) is 0 Å². The Hall–Kier alpha value is -4.22. The number of thioether (sulfide) groups is 1. The van der Waals surface area contributed by atoms with Gasteiger partial charge in [0.1, 0.15) is 18.2 Å². The van der Waals surface area contributed by atoms with E-state index >= 15 is 0 Å². The molecule has 2 bridgehead atoms. The van der Waals surface area contributed by atoms with Gasteiger partial charge in [0.25, 0.3) is 0 Å². The van der Waals surface area contributed by atoms with Crippen molar-refractivity contribution < 1.29 is 19.5 Å². The molecule has 0 saturated carbocycles. The lowest BCUT2D eigenvalue weighted by molar-refractivity contribution is -0.143. The standard InChI is InChI=1S/C32H32N6O4S/c39-18-24(21-11-5-2-6-12-21)38-28(30(41)34-19-37-23-14-8-7-13-22(23)35-36-37)32-16-15-25(43-32)26(27(32)31(38)42)29(40)33-17-20-9-3-1-4-10-20/h1-14,24-28,39H,15-19H2,(H,33,40)(H,34,41)/t24-,25-,26+,27+,28?,32?/m1/s1. The summed E-state index contributed by atoms with van der Waals surface area (Å²) < 4.78 is 0.830. The van der Waals surface area contributed by atoms with Crippen molar-refractivity contribution >= 4 is 40.5 Å². The number of nitrogens with one attached hydrogen (secondary N) is 2. The molecule has 3 saturated heterocycles. The molecule has 10 nitrogen and oxygen atoms in total. The van der Waals surface area contributed by atoms with Crippen LogP contribution in [0.5, 0.6) is 0 Å². The SMILES string of the molecule is O=C(NCn1nnc2ccccc21)C1N([C@H](CO)c2ccccc2)C(=O)[C@@H]2[C@@H](C(=O)NCc3ccccc3)[C@H]3CCC12S3. The molecule has 3 N–H and O–H groups in total. The van der Waals surface area contributed by atoms with Crippen LogP contribution < -0.4 is 10.6 Å². The van der Waals surface area contributed by atoms with E-state index in [-0.39, 0.29) is 36.2 Å². The van der Waals surface area contributed by atoms with Gasteiger partial charge in [-0.3, -0.25) is 14.4 Å². The van der Waals surface area contributed by atoms with E-state index in [4.69, 9.17) is 0 Å². The van der Waals surface area contributed by atoms with Gasteiger partial charge >= 0.3 is 0 Å². The van der Waals surface area contributed by atoms with E-state index in [1.54, 1.807) is 21.3 Å². The number of carbonyl (C=O) groups excluding carboxylic acids is 3. The van der Waals surface area contributed by atoms with E-state index in [2.05, 4.69) is 20.9 Å². The molecular weight excluding hydrogens is 564 g/mol. The zero-order valence-corrected chi connectivity index (χ0v) is 24.2. The minimum absolute atomic E-state index is 0.0641. The van der Waals surface area contributed by atoms with Gasteiger partial charge in [-0.2, -0.15) is 0 Å². The molecule has 3 amide bonds. The summed E-state index contributed by atoms with van der Waals surface area (Å²) in [6.07, 6.45) is 1.37. The first-order chi connectivity index (χ1) is 21.0. The Morgan fingerprint density at radius 3 is 2.47 bits per heavy atom. The molecule has 4 aromatic rings. The number of para-hydroxylation sites is 1. The van der Waals surface area contributed by atoms with Crippen LogP contribution >= 0.6 is 11.8 Å². The first-order valence-electron chi connectivity index (χ1n) is 14.6. The van der Waals surface area contributed by atoms with Crippen molar-refractivity contribution in [3.8, 4) is 0 Å². The summed E-state index contributed by atoms with van der Waals surface area (Å²) in [6.45, 7) is 0.0854. The van der Waals surface area contributed by atoms with Gasteiger partial charge < -0.3 is 20.6 Å². The predicted molar refractivity (Wildman–Crippen MR) is 161 cm³/mol. The quantitative estimate of drug-likeness (QED) is 0.271. The summed E-state index contributed by atoms with van der Waals surface area (Å²) in [6, 6.07) is 24.8. The van der Waals surface area contributed by atoms with Gasteiger partial charge in [0.2, 0.25) is 17.7 Å². The van der Waals surface area contributed by atoms with Crippen LogP contribution in [0, 0.1) is 11.8 Å². The van der Waals surface area contributed by atoms with Crippen molar-refractivity contribution in [3.63, 3.8) is 0 Å². The normalized spacial score (nSPS) is 26.4. The number of hydrogen-bond donors (Lipinski definition) is 3. The average Bonchev–Trinajstić information content (AvgIpc) is 3.80. The third kappa shape index (κ3) is 4.58. The molecule has 220 valence electrons. The number of aliphatic hydroxyl groups excluding tert-OH is 1. The Balaban J connectivity index is 1.21. The van der Waals surface area contributed by atoms with Crippen LogP contribution in [0.3, 0.4) is 0 Å². The van der Waals surface area contributed by atoms with E-state index in [1.165, 1.54) is 0 Å². The van der Waals surface area contributed by atoms with Crippen LogP contribution in [-0.2, 0) is 27.6 Å². The Kier molecular flexibility index (Phi) is 7.14. The van der Waals surface area contributed by atoms with Gasteiger partial charge in [0.15, 0.2) is 0 Å². The highest BCUT2D eigenvalue weighted by Crippen LogP contribution is 2.67. The van der Waals surface area contributed by atoms with Crippen LogP contribution in [0.25, 0.3) is 11.0 Å². The monoisotopic (exact) mass is 596 g/mol. The lowest BCUT2D eigenvalue weighted by atomic mass is 9.70.